The van der Waals surface area contributed by atoms with Crippen LogP contribution in [0.1, 0.15) is 6.42 Å². The highest BCUT2D eigenvalue weighted by Gasteiger charge is 2.16. The molecule has 0 spiro atoms. The van der Waals surface area contributed by atoms with E-state index in [-0.39, 0.29) is 17.4 Å². The number of sulfonamides is 1. The van der Waals surface area contributed by atoms with Crippen molar-refractivity contribution in [2.45, 2.75) is 11.4 Å². The lowest BCUT2D eigenvalue weighted by Crippen LogP contribution is -2.38. The minimum atomic E-state index is -3.47. The van der Waals surface area contributed by atoms with Gasteiger partial charge in [0.25, 0.3) is 10.0 Å². The molecule has 20 heavy (non-hydrogen) atoms. The van der Waals surface area contributed by atoms with Crippen molar-refractivity contribution in [2.24, 2.45) is 7.05 Å². The molecule has 0 unspecified atom stereocenters. The van der Waals surface area contributed by atoms with Crippen molar-refractivity contribution >= 4 is 22.4 Å². The Morgan fingerprint density at radius 3 is 2.70 bits per heavy atom. The normalized spacial score (nSPS) is 16.9. The van der Waals surface area contributed by atoms with Crippen molar-refractivity contribution in [3.8, 4) is 0 Å². The average molecular weight is 325 g/mol. The molecule has 0 aliphatic carbocycles. The maximum absolute atomic E-state index is 11.9. The fourth-order valence-electron chi connectivity index (χ4n) is 1.94. The summed E-state index contributed by atoms with van der Waals surface area (Å²) < 4.78 is 33.2. The molecule has 0 aromatic carbocycles. The first-order chi connectivity index (χ1) is 9.08. The molecule has 0 radical (unpaired) electrons. The number of nitrogens with one attached hydrogen (secondary N) is 1. The van der Waals surface area contributed by atoms with Crippen molar-refractivity contribution in [3.63, 3.8) is 0 Å². The van der Waals surface area contributed by atoms with E-state index in [1.54, 1.807) is 11.6 Å². The zero-order valence-electron chi connectivity index (χ0n) is 11.5. The van der Waals surface area contributed by atoms with Crippen molar-refractivity contribution in [3.05, 3.63) is 12.5 Å². The quantitative estimate of drug-likeness (QED) is 0.736. The van der Waals surface area contributed by atoms with Crippen LogP contribution in [0.25, 0.3) is 0 Å². The predicted octanol–water partition coefficient (Wildman–Crippen LogP) is -0.157. The molecule has 1 aliphatic heterocycles. The number of nitrogens with zero attached hydrogens (tertiary/aromatic N) is 3. The molecule has 0 atom stereocenters. The van der Waals surface area contributed by atoms with Crippen molar-refractivity contribution in [2.75, 3.05) is 39.4 Å². The van der Waals surface area contributed by atoms with Gasteiger partial charge < -0.3 is 9.30 Å². The van der Waals surface area contributed by atoms with Crippen LogP contribution in [0.2, 0.25) is 0 Å². The van der Waals surface area contributed by atoms with Crippen LogP contribution in [0.5, 0.6) is 0 Å². The number of morpholine rings is 1. The molecule has 0 amide bonds. The summed E-state index contributed by atoms with van der Waals surface area (Å²) in [6.45, 7) is 4.68. The molecule has 1 aromatic rings. The molecule has 7 nitrogen and oxygen atoms in total. The smallest absolute Gasteiger partial charge is 0.259 e. The first-order valence-corrected chi connectivity index (χ1v) is 7.84. The highest BCUT2D eigenvalue weighted by atomic mass is 35.5. The van der Waals surface area contributed by atoms with E-state index in [0.717, 1.165) is 39.3 Å². The molecule has 0 bridgehead atoms. The van der Waals surface area contributed by atoms with Crippen LogP contribution in [0, 0.1) is 0 Å². The Morgan fingerprint density at radius 1 is 1.40 bits per heavy atom. The Hall–Kier alpha value is -0.670. The number of hydrogen-bond acceptors (Lipinski definition) is 5. The molecule has 116 valence electrons. The van der Waals surface area contributed by atoms with Gasteiger partial charge in [0.05, 0.1) is 19.5 Å². The van der Waals surface area contributed by atoms with Gasteiger partial charge in [0.1, 0.15) is 0 Å². The molecule has 0 saturated carbocycles. The number of aryl methyl sites for hydroxylation is 1. The lowest BCUT2D eigenvalue weighted by molar-refractivity contribution is 0.0376. The van der Waals surface area contributed by atoms with Gasteiger partial charge in [0.15, 0.2) is 5.03 Å². The van der Waals surface area contributed by atoms with E-state index in [2.05, 4.69) is 14.6 Å². The molecule has 1 saturated heterocycles. The van der Waals surface area contributed by atoms with E-state index >= 15 is 0 Å². The summed E-state index contributed by atoms with van der Waals surface area (Å²) in [5, 5.41) is 0.0707. The van der Waals surface area contributed by atoms with Crippen LogP contribution >= 0.6 is 12.4 Å². The number of halogens is 1. The molecule has 1 N–H and O–H groups in total. The van der Waals surface area contributed by atoms with E-state index in [4.69, 9.17) is 4.74 Å². The predicted molar refractivity (Wildman–Crippen MR) is 77.5 cm³/mol. The molecule has 1 aromatic heterocycles. The van der Waals surface area contributed by atoms with Crippen molar-refractivity contribution in [1.82, 2.24) is 19.2 Å². The minimum Gasteiger partial charge on any atom is -0.379 e. The van der Waals surface area contributed by atoms with Crippen LogP contribution in [0.3, 0.4) is 0 Å². The summed E-state index contributed by atoms with van der Waals surface area (Å²) in [6, 6.07) is 0. The van der Waals surface area contributed by atoms with Crippen LogP contribution in [0.15, 0.2) is 17.6 Å². The monoisotopic (exact) mass is 324 g/mol. The van der Waals surface area contributed by atoms with E-state index in [0.29, 0.717) is 6.54 Å². The van der Waals surface area contributed by atoms with Gasteiger partial charge in [-0.3, -0.25) is 4.90 Å². The third-order valence-corrected chi connectivity index (χ3v) is 4.35. The van der Waals surface area contributed by atoms with Gasteiger partial charge in [-0.2, -0.15) is 0 Å². The number of imidazole rings is 1. The van der Waals surface area contributed by atoms with E-state index in [9.17, 15) is 8.42 Å². The Bertz CT molecular complexity index is 500. The van der Waals surface area contributed by atoms with E-state index < -0.39 is 10.0 Å². The molecule has 1 aliphatic rings. The first kappa shape index (κ1) is 17.4. The molecule has 2 rings (SSSR count). The van der Waals surface area contributed by atoms with Gasteiger partial charge in [-0.05, 0) is 13.0 Å². The zero-order valence-corrected chi connectivity index (χ0v) is 13.1. The second-order valence-electron chi connectivity index (χ2n) is 4.58. The molecular weight excluding hydrogens is 304 g/mol. The summed E-state index contributed by atoms with van der Waals surface area (Å²) in [6.07, 6.45) is 3.75. The molecule has 2 heterocycles. The van der Waals surface area contributed by atoms with Gasteiger partial charge in [-0.25, -0.2) is 18.1 Å². The van der Waals surface area contributed by atoms with Crippen LogP contribution in [-0.2, 0) is 21.8 Å². The number of aromatic nitrogens is 2. The number of ether oxygens (including phenoxy) is 1. The largest absolute Gasteiger partial charge is 0.379 e. The van der Waals surface area contributed by atoms with Gasteiger partial charge >= 0.3 is 0 Å². The second kappa shape index (κ2) is 7.94. The highest BCUT2D eigenvalue weighted by Crippen LogP contribution is 2.04. The Morgan fingerprint density at radius 2 is 2.10 bits per heavy atom. The molecule has 9 heteroatoms. The average Bonchev–Trinajstić information content (AvgIpc) is 2.84. The first-order valence-electron chi connectivity index (χ1n) is 6.36. The van der Waals surface area contributed by atoms with Gasteiger partial charge in [-0.15, -0.1) is 12.4 Å². The van der Waals surface area contributed by atoms with Crippen LogP contribution < -0.4 is 4.72 Å². The second-order valence-corrected chi connectivity index (χ2v) is 6.30. The third-order valence-electron chi connectivity index (χ3n) is 3.00. The zero-order chi connectivity index (χ0) is 13.7. The summed E-state index contributed by atoms with van der Waals surface area (Å²) >= 11 is 0. The van der Waals surface area contributed by atoms with E-state index in [1.165, 1.54) is 12.5 Å². The van der Waals surface area contributed by atoms with Gasteiger partial charge in [-0.1, -0.05) is 0 Å². The highest BCUT2D eigenvalue weighted by molar-refractivity contribution is 7.89. The SMILES string of the molecule is Cl.Cn1cnc(S(=O)(=O)NCCCN2CCOCC2)c1. The summed E-state index contributed by atoms with van der Waals surface area (Å²) in [7, 11) is -1.73. The Kier molecular flexibility index (Phi) is 6.90. The summed E-state index contributed by atoms with van der Waals surface area (Å²) in [5.74, 6) is 0. The lowest BCUT2D eigenvalue weighted by Gasteiger charge is -2.26. The van der Waals surface area contributed by atoms with Crippen LogP contribution in [0.4, 0.5) is 0 Å². The standard InChI is InChI=1S/C11H20N4O3S.ClH/c1-14-9-11(12-10-14)19(16,17)13-3-2-4-15-5-7-18-8-6-15;/h9-10,13H,2-8H2,1H3;1H. The lowest BCUT2D eigenvalue weighted by atomic mass is 10.3. The number of hydrogen-bond donors (Lipinski definition) is 1. The van der Waals surface area contributed by atoms with E-state index in [1.807, 2.05) is 0 Å². The summed E-state index contributed by atoms with van der Waals surface area (Å²) in [5.41, 5.74) is 0. The Labute approximate surface area is 125 Å². The van der Waals surface area contributed by atoms with Crippen molar-refractivity contribution in [1.29, 1.82) is 0 Å². The summed E-state index contributed by atoms with van der Waals surface area (Å²) in [4.78, 5) is 6.12. The van der Waals surface area contributed by atoms with Crippen LogP contribution in [-0.4, -0.2) is 62.3 Å². The number of rotatable bonds is 6. The van der Waals surface area contributed by atoms with Crippen molar-refractivity contribution < 1.29 is 13.2 Å². The Balaban J connectivity index is 0.00000200. The van der Waals surface area contributed by atoms with Gasteiger partial charge in [0, 0.05) is 32.9 Å². The fraction of sp³-hybridized carbons (Fsp3) is 0.727. The van der Waals surface area contributed by atoms with Gasteiger partial charge in [0.2, 0.25) is 0 Å². The minimum absolute atomic E-state index is 0. The molecule has 1 fully saturated rings. The molecular formula is C11H21ClN4O3S. The maximum Gasteiger partial charge on any atom is 0.259 e. The maximum atomic E-state index is 11.9. The topological polar surface area (TPSA) is 76.5 Å². The third kappa shape index (κ3) is 5.02. The fourth-order valence-corrected chi connectivity index (χ4v) is 2.99.